The standard InChI is InChI=1S/C19H34O4/c1-3-4-5-7-11-14-17-19(23-17)16(20)13-10-8-6-9-12-15-18(21)22-2/h11,14,16-17,19-20H,3-10,12-13,15H2,1-2H3. The van der Waals surface area contributed by atoms with Crippen LogP contribution in [0.4, 0.5) is 0 Å². The molecule has 0 aromatic heterocycles. The van der Waals surface area contributed by atoms with E-state index in [9.17, 15) is 9.90 Å². The second-order valence-corrected chi connectivity index (χ2v) is 6.44. The summed E-state index contributed by atoms with van der Waals surface area (Å²) in [5.41, 5.74) is 0. The van der Waals surface area contributed by atoms with Crippen molar-refractivity contribution in [1.82, 2.24) is 0 Å². The molecular formula is C19H34O4. The summed E-state index contributed by atoms with van der Waals surface area (Å²) in [4.78, 5) is 11.0. The SMILES string of the molecule is CCCCCC=CC1OC1C(O)CCCCCCCC(=O)OC. The van der Waals surface area contributed by atoms with E-state index < -0.39 is 0 Å². The summed E-state index contributed by atoms with van der Waals surface area (Å²) in [5.74, 6) is -0.125. The lowest BCUT2D eigenvalue weighted by atomic mass is 10.0. The number of ether oxygens (including phenoxy) is 2. The van der Waals surface area contributed by atoms with Gasteiger partial charge in [-0.05, 0) is 25.7 Å². The molecule has 1 rings (SSSR count). The van der Waals surface area contributed by atoms with Gasteiger partial charge in [-0.1, -0.05) is 57.6 Å². The smallest absolute Gasteiger partial charge is 0.305 e. The van der Waals surface area contributed by atoms with Crippen molar-refractivity contribution < 1.29 is 19.4 Å². The number of hydrogen-bond acceptors (Lipinski definition) is 4. The number of carbonyl (C=O) groups excluding carboxylic acids is 1. The van der Waals surface area contributed by atoms with Gasteiger partial charge in [0.25, 0.3) is 0 Å². The number of unbranched alkanes of at least 4 members (excludes halogenated alkanes) is 7. The van der Waals surface area contributed by atoms with Crippen LogP contribution in [-0.4, -0.2) is 36.5 Å². The zero-order valence-electron chi connectivity index (χ0n) is 14.8. The molecule has 1 saturated heterocycles. The minimum Gasteiger partial charge on any atom is -0.469 e. The monoisotopic (exact) mass is 326 g/mol. The van der Waals surface area contributed by atoms with E-state index in [1.807, 2.05) is 0 Å². The van der Waals surface area contributed by atoms with Crippen LogP contribution in [0.2, 0.25) is 0 Å². The zero-order chi connectivity index (χ0) is 16.9. The molecule has 0 aliphatic carbocycles. The summed E-state index contributed by atoms with van der Waals surface area (Å²) in [7, 11) is 1.43. The van der Waals surface area contributed by atoms with Crippen molar-refractivity contribution in [3.8, 4) is 0 Å². The summed E-state index contributed by atoms with van der Waals surface area (Å²) in [6.07, 6.45) is 15.5. The number of aliphatic hydroxyl groups is 1. The van der Waals surface area contributed by atoms with Crippen LogP contribution >= 0.6 is 0 Å². The fraction of sp³-hybridized carbons (Fsp3) is 0.842. The summed E-state index contributed by atoms with van der Waals surface area (Å²) in [6.45, 7) is 2.21. The molecule has 1 aliphatic heterocycles. The fourth-order valence-electron chi connectivity index (χ4n) is 2.76. The number of carbonyl (C=O) groups is 1. The van der Waals surface area contributed by atoms with E-state index in [2.05, 4.69) is 23.8 Å². The Hall–Kier alpha value is -0.870. The third-order valence-corrected chi connectivity index (χ3v) is 4.35. The summed E-state index contributed by atoms with van der Waals surface area (Å²) in [5, 5.41) is 10.1. The van der Waals surface area contributed by atoms with Gasteiger partial charge in [-0.2, -0.15) is 0 Å². The van der Waals surface area contributed by atoms with Crippen LogP contribution in [-0.2, 0) is 14.3 Å². The first-order valence-electron chi connectivity index (χ1n) is 9.26. The Morgan fingerprint density at radius 1 is 1.17 bits per heavy atom. The van der Waals surface area contributed by atoms with E-state index in [-0.39, 0.29) is 24.3 Å². The average Bonchev–Trinajstić information content (AvgIpc) is 3.33. The van der Waals surface area contributed by atoms with E-state index in [1.54, 1.807) is 0 Å². The molecule has 134 valence electrons. The average molecular weight is 326 g/mol. The maximum absolute atomic E-state index is 11.0. The van der Waals surface area contributed by atoms with Crippen molar-refractivity contribution in [1.29, 1.82) is 0 Å². The predicted molar refractivity (Wildman–Crippen MR) is 92.3 cm³/mol. The normalized spacial score (nSPS) is 21.5. The van der Waals surface area contributed by atoms with Crippen LogP contribution in [0.1, 0.15) is 77.6 Å². The van der Waals surface area contributed by atoms with Gasteiger partial charge >= 0.3 is 5.97 Å². The molecule has 0 bridgehead atoms. The number of rotatable bonds is 14. The third kappa shape index (κ3) is 9.77. The third-order valence-electron chi connectivity index (χ3n) is 4.35. The summed E-state index contributed by atoms with van der Waals surface area (Å²) >= 11 is 0. The molecular weight excluding hydrogens is 292 g/mol. The van der Waals surface area contributed by atoms with Gasteiger partial charge in [0.1, 0.15) is 12.2 Å². The molecule has 3 atom stereocenters. The topological polar surface area (TPSA) is 59.1 Å². The minimum absolute atomic E-state index is 0.0109. The lowest BCUT2D eigenvalue weighted by molar-refractivity contribution is -0.140. The van der Waals surface area contributed by atoms with Crippen molar-refractivity contribution in [2.75, 3.05) is 7.11 Å². The van der Waals surface area contributed by atoms with E-state index in [1.165, 1.54) is 26.4 Å². The molecule has 1 fully saturated rings. The van der Waals surface area contributed by atoms with Crippen LogP contribution in [0, 0.1) is 0 Å². The Kier molecular flexibility index (Phi) is 11.0. The number of epoxide rings is 1. The highest BCUT2D eigenvalue weighted by molar-refractivity contribution is 5.68. The van der Waals surface area contributed by atoms with Crippen molar-refractivity contribution in [2.24, 2.45) is 0 Å². The lowest BCUT2D eigenvalue weighted by Gasteiger charge is -2.07. The molecule has 0 aromatic rings. The first-order valence-corrected chi connectivity index (χ1v) is 9.26. The molecule has 1 N–H and O–H groups in total. The molecule has 0 amide bonds. The van der Waals surface area contributed by atoms with Crippen LogP contribution in [0.5, 0.6) is 0 Å². The van der Waals surface area contributed by atoms with Gasteiger partial charge in [0, 0.05) is 6.42 Å². The van der Waals surface area contributed by atoms with Gasteiger partial charge in [-0.15, -0.1) is 0 Å². The highest BCUT2D eigenvalue weighted by atomic mass is 16.6. The molecule has 1 heterocycles. The molecule has 23 heavy (non-hydrogen) atoms. The molecule has 0 spiro atoms. The number of esters is 1. The maximum Gasteiger partial charge on any atom is 0.305 e. The first-order chi connectivity index (χ1) is 11.2. The number of aliphatic hydroxyl groups excluding tert-OH is 1. The molecule has 0 radical (unpaired) electrons. The van der Waals surface area contributed by atoms with E-state index >= 15 is 0 Å². The predicted octanol–water partition coefficient (Wildman–Crippen LogP) is 4.15. The summed E-state index contributed by atoms with van der Waals surface area (Å²) < 4.78 is 10.1. The second kappa shape index (κ2) is 12.5. The molecule has 0 saturated carbocycles. The zero-order valence-corrected chi connectivity index (χ0v) is 14.8. The van der Waals surface area contributed by atoms with Gasteiger partial charge in [0.2, 0.25) is 0 Å². The van der Waals surface area contributed by atoms with Gasteiger partial charge < -0.3 is 14.6 Å². The van der Waals surface area contributed by atoms with Gasteiger partial charge in [-0.25, -0.2) is 0 Å². The number of allylic oxidation sites excluding steroid dienone is 1. The van der Waals surface area contributed by atoms with Crippen molar-refractivity contribution >= 4 is 5.97 Å². The number of methoxy groups -OCH3 is 1. The molecule has 3 unspecified atom stereocenters. The maximum atomic E-state index is 11.0. The molecule has 0 aromatic carbocycles. The van der Waals surface area contributed by atoms with E-state index in [0.29, 0.717) is 6.42 Å². The Bertz CT molecular complexity index is 340. The van der Waals surface area contributed by atoms with Crippen molar-refractivity contribution in [3.63, 3.8) is 0 Å². The quantitative estimate of drug-likeness (QED) is 0.225. The highest BCUT2D eigenvalue weighted by Gasteiger charge is 2.41. The largest absolute Gasteiger partial charge is 0.469 e. The first kappa shape index (κ1) is 20.2. The Morgan fingerprint density at radius 3 is 2.65 bits per heavy atom. The van der Waals surface area contributed by atoms with Crippen LogP contribution in [0.25, 0.3) is 0 Å². The van der Waals surface area contributed by atoms with Crippen LogP contribution in [0.15, 0.2) is 12.2 Å². The highest BCUT2D eigenvalue weighted by Crippen LogP contribution is 2.29. The van der Waals surface area contributed by atoms with E-state index in [4.69, 9.17) is 4.74 Å². The van der Waals surface area contributed by atoms with Crippen molar-refractivity contribution in [2.45, 2.75) is 95.9 Å². The van der Waals surface area contributed by atoms with Gasteiger partial charge in [0.05, 0.1) is 13.2 Å². The van der Waals surface area contributed by atoms with Crippen LogP contribution in [0.3, 0.4) is 0 Å². The fourth-order valence-corrected chi connectivity index (χ4v) is 2.76. The Labute approximate surface area is 141 Å². The molecule has 4 nitrogen and oxygen atoms in total. The van der Waals surface area contributed by atoms with Crippen molar-refractivity contribution in [3.05, 3.63) is 12.2 Å². The second-order valence-electron chi connectivity index (χ2n) is 6.44. The minimum atomic E-state index is -0.338. The molecule has 4 heteroatoms. The lowest BCUT2D eigenvalue weighted by Crippen LogP contribution is -2.16. The Morgan fingerprint density at radius 2 is 1.91 bits per heavy atom. The number of hydrogen-bond donors (Lipinski definition) is 1. The Balaban J connectivity index is 1.93. The van der Waals surface area contributed by atoms with Gasteiger partial charge in [0.15, 0.2) is 0 Å². The van der Waals surface area contributed by atoms with Crippen LogP contribution < -0.4 is 0 Å². The molecule has 1 aliphatic rings. The van der Waals surface area contributed by atoms with E-state index in [0.717, 1.165) is 44.9 Å². The summed E-state index contributed by atoms with van der Waals surface area (Å²) in [6, 6.07) is 0. The van der Waals surface area contributed by atoms with Gasteiger partial charge in [-0.3, -0.25) is 4.79 Å².